The van der Waals surface area contributed by atoms with Gasteiger partial charge in [0.15, 0.2) is 0 Å². The van der Waals surface area contributed by atoms with Crippen LogP contribution in [0.1, 0.15) is 37.0 Å². The van der Waals surface area contributed by atoms with Crippen molar-refractivity contribution in [2.24, 2.45) is 5.92 Å². The average Bonchev–Trinajstić information content (AvgIpc) is 2.32. The van der Waals surface area contributed by atoms with Gasteiger partial charge in [0, 0.05) is 6.04 Å². The van der Waals surface area contributed by atoms with Gasteiger partial charge in [-0.2, -0.15) is 0 Å². The van der Waals surface area contributed by atoms with E-state index in [9.17, 15) is 9.59 Å². The summed E-state index contributed by atoms with van der Waals surface area (Å²) in [5, 5.41) is 11.7. The number of hydrogen-bond acceptors (Lipinski definition) is 3. The maximum Gasteiger partial charge on any atom is 0.306 e. The van der Waals surface area contributed by atoms with Gasteiger partial charge in [-0.3, -0.25) is 9.59 Å². The Morgan fingerprint density at radius 2 is 1.95 bits per heavy atom. The Balaban J connectivity index is 1.98. The molecule has 108 valence electrons. The average molecular weight is 277 g/mol. The summed E-state index contributed by atoms with van der Waals surface area (Å²) in [6, 6.07) is 7.01. The van der Waals surface area contributed by atoms with Crippen molar-refractivity contribution >= 4 is 11.9 Å². The number of para-hydroxylation sites is 1. The molecule has 20 heavy (non-hydrogen) atoms. The fraction of sp³-hybridized carbons (Fsp3) is 0.467. The van der Waals surface area contributed by atoms with Crippen molar-refractivity contribution in [3.63, 3.8) is 0 Å². The minimum atomic E-state index is -0.793. The Morgan fingerprint density at radius 1 is 1.30 bits per heavy atom. The molecule has 1 aromatic carbocycles. The zero-order valence-corrected chi connectivity index (χ0v) is 11.6. The van der Waals surface area contributed by atoms with E-state index in [1.54, 1.807) is 18.2 Å². The third kappa shape index (κ3) is 3.29. The highest BCUT2D eigenvalue weighted by Gasteiger charge is 2.35. The topological polar surface area (TPSA) is 75.6 Å². The number of hydrogen-bond donors (Lipinski definition) is 2. The summed E-state index contributed by atoms with van der Waals surface area (Å²) < 4.78 is 5.60. The molecule has 0 aliphatic heterocycles. The van der Waals surface area contributed by atoms with Crippen LogP contribution in [0.4, 0.5) is 0 Å². The van der Waals surface area contributed by atoms with Gasteiger partial charge in [0.1, 0.15) is 5.75 Å². The van der Waals surface area contributed by atoms with E-state index < -0.39 is 5.97 Å². The monoisotopic (exact) mass is 277 g/mol. The molecule has 0 atom stereocenters. The van der Waals surface area contributed by atoms with Crippen molar-refractivity contribution in [2.45, 2.75) is 38.8 Å². The largest absolute Gasteiger partial charge is 0.490 e. The van der Waals surface area contributed by atoms with Crippen LogP contribution >= 0.6 is 0 Å². The van der Waals surface area contributed by atoms with E-state index in [0.717, 1.165) is 0 Å². The molecule has 0 saturated heterocycles. The lowest BCUT2D eigenvalue weighted by Gasteiger charge is -2.33. The van der Waals surface area contributed by atoms with E-state index in [0.29, 0.717) is 24.2 Å². The van der Waals surface area contributed by atoms with Crippen molar-refractivity contribution in [2.75, 3.05) is 0 Å². The number of carbonyl (C=O) groups is 2. The molecule has 1 amide bonds. The number of benzene rings is 1. The first-order valence-electron chi connectivity index (χ1n) is 6.76. The molecule has 5 heteroatoms. The van der Waals surface area contributed by atoms with E-state index in [-0.39, 0.29) is 24.0 Å². The zero-order valence-electron chi connectivity index (χ0n) is 11.6. The number of carboxylic acids is 1. The predicted octanol–water partition coefficient (Wildman–Crippen LogP) is 2.07. The molecule has 1 fully saturated rings. The van der Waals surface area contributed by atoms with Crippen molar-refractivity contribution in [3.8, 4) is 5.75 Å². The van der Waals surface area contributed by atoms with E-state index in [1.807, 2.05) is 19.9 Å². The molecule has 1 aliphatic carbocycles. The lowest BCUT2D eigenvalue weighted by Crippen LogP contribution is -2.46. The first-order valence-corrected chi connectivity index (χ1v) is 6.76. The summed E-state index contributed by atoms with van der Waals surface area (Å²) in [5.41, 5.74) is 0.486. The Labute approximate surface area is 117 Å². The van der Waals surface area contributed by atoms with Crippen LogP contribution in [0.25, 0.3) is 0 Å². The molecule has 1 aliphatic rings. The number of aliphatic carboxylic acids is 1. The van der Waals surface area contributed by atoms with Gasteiger partial charge >= 0.3 is 5.97 Å². The summed E-state index contributed by atoms with van der Waals surface area (Å²) in [6.45, 7) is 3.80. The van der Waals surface area contributed by atoms with E-state index in [1.165, 1.54) is 0 Å². The molecular weight excluding hydrogens is 258 g/mol. The molecule has 0 aromatic heterocycles. The van der Waals surface area contributed by atoms with Gasteiger partial charge in [-0.05, 0) is 38.8 Å². The van der Waals surface area contributed by atoms with Crippen molar-refractivity contribution in [1.29, 1.82) is 0 Å². The van der Waals surface area contributed by atoms with Gasteiger partial charge in [-0.25, -0.2) is 0 Å². The fourth-order valence-electron chi connectivity index (χ4n) is 2.21. The van der Waals surface area contributed by atoms with Crippen LogP contribution in [0.2, 0.25) is 0 Å². The normalized spacial score (nSPS) is 21.1. The fourth-order valence-corrected chi connectivity index (χ4v) is 2.21. The quantitative estimate of drug-likeness (QED) is 0.864. The van der Waals surface area contributed by atoms with Gasteiger partial charge in [0.2, 0.25) is 0 Å². The molecule has 0 bridgehead atoms. The predicted molar refractivity (Wildman–Crippen MR) is 73.8 cm³/mol. The van der Waals surface area contributed by atoms with Crippen LogP contribution in [-0.2, 0) is 4.79 Å². The molecule has 2 rings (SSSR count). The molecule has 0 spiro atoms. The van der Waals surface area contributed by atoms with Gasteiger partial charge in [0.05, 0.1) is 17.6 Å². The van der Waals surface area contributed by atoms with Gasteiger partial charge < -0.3 is 15.2 Å². The minimum Gasteiger partial charge on any atom is -0.490 e. The summed E-state index contributed by atoms with van der Waals surface area (Å²) in [4.78, 5) is 22.9. The first-order chi connectivity index (χ1) is 9.47. The molecule has 5 nitrogen and oxygen atoms in total. The highest BCUT2D eigenvalue weighted by molar-refractivity contribution is 5.97. The molecule has 1 aromatic rings. The highest BCUT2D eigenvalue weighted by atomic mass is 16.5. The summed E-state index contributed by atoms with van der Waals surface area (Å²) in [5.74, 6) is -0.786. The lowest BCUT2D eigenvalue weighted by molar-refractivity contribution is -0.145. The third-order valence-electron chi connectivity index (χ3n) is 3.32. The van der Waals surface area contributed by atoms with E-state index in [4.69, 9.17) is 9.84 Å². The maximum absolute atomic E-state index is 12.2. The second-order valence-corrected chi connectivity index (χ2v) is 5.34. The molecule has 0 unspecified atom stereocenters. The number of nitrogens with one attached hydrogen (secondary N) is 1. The number of carbonyl (C=O) groups excluding carboxylic acids is 1. The van der Waals surface area contributed by atoms with Gasteiger partial charge in [-0.1, -0.05) is 12.1 Å². The second kappa shape index (κ2) is 5.94. The minimum absolute atomic E-state index is 0.0101. The Hall–Kier alpha value is -2.04. The Bertz CT molecular complexity index is 506. The first kappa shape index (κ1) is 14.4. The van der Waals surface area contributed by atoms with Gasteiger partial charge in [-0.15, -0.1) is 0 Å². The van der Waals surface area contributed by atoms with Crippen molar-refractivity contribution in [3.05, 3.63) is 29.8 Å². The molecule has 0 heterocycles. The summed E-state index contributed by atoms with van der Waals surface area (Å²) in [7, 11) is 0. The number of carboxylic acid groups (broad SMARTS) is 1. The van der Waals surface area contributed by atoms with Crippen molar-refractivity contribution < 1.29 is 19.4 Å². The summed E-state index contributed by atoms with van der Waals surface area (Å²) in [6.07, 6.45) is 0.979. The Kier molecular flexibility index (Phi) is 4.27. The van der Waals surface area contributed by atoms with Gasteiger partial charge in [0.25, 0.3) is 5.91 Å². The zero-order chi connectivity index (χ0) is 14.7. The van der Waals surface area contributed by atoms with Crippen molar-refractivity contribution in [1.82, 2.24) is 5.32 Å². The number of amides is 1. The van der Waals surface area contributed by atoms with Crippen LogP contribution in [-0.4, -0.2) is 29.1 Å². The van der Waals surface area contributed by atoms with Crippen LogP contribution in [0.5, 0.6) is 5.75 Å². The van der Waals surface area contributed by atoms with E-state index in [2.05, 4.69) is 5.32 Å². The third-order valence-corrected chi connectivity index (χ3v) is 3.32. The highest BCUT2D eigenvalue weighted by Crippen LogP contribution is 2.28. The van der Waals surface area contributed by atoms with Crippen LogP contribution in [0.3, 0.4) is 0 Å². The maximum atomic E-state index is 12.2. The summed E-state index contributed by atoms with van der Waals surface area (Å²) >= 11 is 0. The standard InChI is InChI=1S/C15H19NO4/c1-9(2)20-13-6-4-3-5-12(13)14(17)16-11-7-10(8-11)15(18)19/h3-6,9-11H,7-8H2,1-2H3,(H,16,17)(H,18,19). The number of ether oxygens (including phenoxy) is 1. The number of rotatable bonds is 5. The Morgan fingerprint density at radius 3 is 2.55 bits per heavy atom. The second-order valence-electron chi connectivity index (χ2n) is 5.34. The van der Waals surface area contributed by atoms with Crippen LogP contribution in [0, 0.1) is 5.92 Å². The molecule has 1 saturated carbocycles. The molecular formula is C15H19NO4. The smallest absolute Gasteiger partial charge is 0.306 e. The van der Waals surface area contributed by atoms with Crippen LogP contribution in [0.15, 0.2) is 24.3 Å². The van der Waals surface area contributed by atoms with E-state index >= 15 is 0 Å². The van der Waals surface area contributed by atoms with Crippen LogP contribution < -0.4 is 10.1 Å². The lowest BCUT2D eigenvalue weighted by atomic mass is 9.80. The molecule has 0 radical (unpaired) electrons. The SMILES string of the molecule is CC(C)Oc1ccccc1C(=O)NC1CC(C(=O)O)C1. The molecule has 2 N–H and O–H groups in total.